The highest BCUT2D eigenvalue weighted by molar-refractivity contribution is 7.99. The zero-order chi connectivity index (χ0) is 15.2. The number of hydrogen-bond donors (Lipinski definition) is 2. The van der Waals surface area contributed by atoms with Gasteiger partial charge in [-0.15, -0.1) is 24.2 Å². The van der Waals surface area contributed by atoms with Gasteiger partial charge in [-0.3, -0.25) is 4.79 Å². The number of halogens is 1. The fourth-order valence-corrected chi connectivity index (χ4v) is 3.14. The normalized spacial score (nSPS) is 22.0. The van der Waals surface area contributed by atoms with Gasteiger partial charge in [-0.05, 0) is 43.2 Å². The van der Waals surface area contributed by atoms with E-state index in [1.54, 1.807) is 0 Å². The van der Waals surface area contributed by atoms with Crippen LogP contribution in [0.4, 0.5) is 0 Å². The SMILES string of the molecule is CCSc1ccc(C(C)NC(=O)[C@@H]2CC[C@H](CN)O2)cc1.Cl. The molecule has 0 aliphatic carbocycles. The number of thioether (sulfide) groups is 1. The molecule has 4 nitrogen and oxygen atoms in total. The third-order valence-electron chi connectivity index (χ3n) is 3.71. The number of nitrogens with two attached hydrogens (primary N) is 1. The lowest BCUT2D eigenvalue weighted by atomic mass is 10.1. The number of benzene rings is 1. The summed E-state index contributed by atoms with van der Waals surface area (Å²) in [7, 11) is 0. The van der Waals surface area contributed by atoms with Crippen LogP contribution in [0.5, 0.6) is 0 Å². The van der Waals surface area contributed by atoms with Gasteiger partial charge in [-0.2, -0.15) is 0 Å². The molecule has 1 fully saturated rings. The van der Waals surface area contributed by atoms with E-state index < -0.39 is 0 Å². The molecule has 1 amide bonds. The van der Waals surface area contributed by atoms with E-state index in [9.17, 15) is 4.79 Å². The van der Waals surface area contributed by atoms with Gasteiger partial charge in [0.05, 0.1) is 12.1 Å². The van der Waals surface area contributed by atoms with Gasteiger partial charge >= 0.3 is 0 Å². The first-order valence-corrected chi connectivity index (χ1v) is 8.51. The molecule has 1 unspecified atom stereocenters. The Morgan fingerprint density at radius 1 is 1.41 bits per heavy atom. The highest BCUT2D eigenvalue weighted by atomic mass is 35.5. The standard InChI is InChI=1S/C16H24N2O2S.ClH/c1-3-21-14-7-4-12(5-8-14)11(2)18-16(19)15-9-6-13(10-17)20-15;/h4-5,7-8,11,13,15H,3,6,9-10,17H2,1-2H3,(H,18,19);1H/t11?,13-,15+;/m1./s1. The summed E-state index contributed by atoms with van der Waals surface area (Å²) in [5.74, 6) is 1.03. The molecule has 1 aromatic rings. The molecule has 1 aromatic carbocycles. The van der Waals surface area contributed by atoms with Crippen LogP contribution in [0, 0.1) is 0 Å². The maximum Gasteiger partial charge on any atom is 0.249 e. The first-order chi connectivity index (χ1) is 10.1. The van der Waals surface area contributed by atoms with Crippen LogP contribution in [0.1, 0.15) is 38.3 Å². The molecule has 124 valence electrons. The summed E-state index contributed by atoms with van der Waals surface area (Å²) < 4.78 is 5.62. The molecule has 0 saturated carbocycles. The lowest BCUT2D eigenvalue weighted by Crippen LogP contribution is -2.36. The van der Waals surface area contributed by atoms with Gasteiger partial charge < -0.3 is 15.8 Å². The van der Waals surface area contributed by atoms with Crippen LogP contribution in [-0.4, -0.2) is 30.4 Å². The molecule has 0 aromatic heterocycles. The van der Waals surface area contributed by atoms with E-state index in [2.05, 4.69) is 36.5 Å². The molecule has 0 spiro atoms. The van der Waals surface area contributed by atoms with Crippen molar-refractivity contribution in [2.45, 2.75) is 49.8 Å². The van der Waals surface area contributed by atoms with Crippen molar-refractivity contribution in [3.05, 3.63) is 29.8 Å². The minimum Gasteiger partial charge on any atom is -0.364 e. The first-order valence-electron chi connectivity index (χ1n) is 7.52. The number of carbonyl (C=O) groups is 1. The van der Waals surface area contributed by atoms with Crippen LogP contribution >= 0.6 is 24.2 Å². The zero-order valence-electron chi connectivity index (χ0n) is 13.1. The largest absolute Gasteiger partial charge is 0.364 e. The zero-order valence-corrected chi connectivity index (χ0v) is 14.7. The maximum atomic E-state index is 12.2. The van der Waals surface area contributed by atoms with Crippen LogP contribution in [0.25, 0.3) is 0 Å². The fraction of sp³-hybridized carbons (Fsp3) is 0.562. The number of hydrogen-bond acceptors (Lipinski definition) is 4. The van der Waals surface area contributed by atoms with Crippen molar-refractivity contribution in [1.29, 1.82) is 0 Å². The van der Waals surface area contributed by atoms with E-state index in [0.717, 1.165) is 24.2 Å². The lowest BCUT2D eigenvalue weighted by molar-refractivity contribution is -0.132. The minimum atomic E-state index is -0.351. The van der Waals surface area contributed by atoms with Gasteiger partial charge in [-0.1, -0.05) is 19.1 Å². The van der Waals surface area contributed by atoms with Crippen molar-refractivity contribution in [2.24, 2.45) is 5.73 Å². The second-order valence-electron chi connectivity index (χ2n) is 5.29. The summed E-state index contributed by atoms with van der Waals surface area (Å²) in [6.45, 7) is 4.61. The number of ether oxygens (including phenoxy) is 1. The maximum absolute atomic E-state index is 12.2. The van der Waals surface area contributed by atoms with E-state index in [0.29, 0.717) is 6.54 Å². The highest BCUT2D eigenvalue weighted by Gasteiger charge is 2.30. The summed E-state index contributed by atoms with van der Waals surface area (Å²) >= 11 is 1.81. The smallest absolute Gasteiger partial charge is 0.249 e. The molecule has 2 rings (SSSR count). The molecule has 1 aliphatic rings. The summed E-state index contributed by atoms with van der Waals surface area (Å²) in [6, 6.07) is 8.33. The molecular formula is C16H25ClN2O2S. The van der Waals surface area contributed by atoms with E-state index in [1.807, 2.05) is 18.7 Å². The molecule has 1 aliphatic heterocycles. The predicted octanol–water partition coefficient (Wildman–Crippen LogP) is 2.90. The average Bonchev–Trinajstić information content (AvgIpc) is 2.97. The number of rotatable bonds is 6. The first kappa shape index (κ1) is 19.3. The van der Waals surface area contributed by atoms with Crippen LogP contribution in [0.3, 0.4) is 0 Å². The average molecular weight is 345 g/mol. The Balaban J connectivity index is 0.00000242. The van der Waals surface area contributed by atoms with E-state index in [-0.39, 0.29) is 36.6 Å². The van der Waals surface area contributed by atoms with Crippen LogP contribution in [-0.2, 0) is 9.53 Å². The second-order valence-corrected chi connectivity index (χ2v) is 6.63. The monoisotopic (exact) mass is 344 g/mol. The summed E-state index contributed by atoms with van der Waals surface area (Å²) in [5.41, 5.74) is 6.68. The quantitative estimate of drug-likeness (QED) is 0.779. The fourth-order valence-electron chi connectivity index (χ4n) is 2.48. The van der Waals surface area contributed by atoms with E-state index in [1.165, 1.54) is 4.90 Å². The van der Waals surface area contributed by atoms with Gasteiger partial charge in [0.25, 0.3) is 0 Å². The molecular weight excluding hydrogens is 320 g/mol. The van der Waals surface area contributed by atoms with Gasteiger partial charge in [0.1, 0.15) is 6.10 Å². The van der Waals surface area contributed by atoms with Crippen LogP contribution < -0.4 is 11.1 Å². The summed E-state index contributed by atoms with van der Waals surface area (Å²) in [5, 5.41) is 3.02. The van der Waals surface area contributed by atoms with Gasteiger partial charge in [-0.25, -0.2) is 0 Å². The van der Waals surface area contributed by atoms with Crippen LogP contribution in [0.2, 0.25) is 0 Å². The number of nitrogens with one attached hydrogen (secondary N) is 1. The van der Waals surface area contributed by atoms with Gasteiger partial charge in [0.15, 0.2) is 0 Å². The van der Waals surface area contributed by atoms with Crippen molar-refractivity contribution in [3.8, 4) is 0 Å². The molecule has 1 heterocycles. The van der Waals surface area contributed by atoms with Gasteiger partial charge in [0.2, 0.25) is 5.91 Å². The Hall–Kier alpha value is -0.750. The number of carbonyl (C=O) groups excluding carboxylic acids is 1. The molecule has 3 atom stereocenters. The second kappa shape index (κ2) is 9.40. The molecule has 1 saturated heterocycles. The van der Waals surface area contributed by atoms with Crippen molar-refractivity contribution in [2.75, 3.05) is 12.3 Å². The Kier molecular flexibility index (Phi) is 8.25. The molecule has 0 bridgehead atoms. The Morgan fingerprint density at radius 3 is 2.64 bits per heavy atom. The summed E-state index contributed by atoms with van der Waals surface area (Å²) in [4.78, 5) is 13.4. The van der Waals surface area contributed by atoms with Gasteiger partial charge in [0, 0.05) is 11.4 Å². The van der Waals surface area contributed by atoms with Crippen LogP contribution in [0.15, 0.2) is 29.2 Å². The molecule has 6 heteroatoms. The van der Waals surface area contributed by atoms with Crippen molar-refractivity contribution in [1.82, 2.24) is 5.32 Å². The molecule has 3 N–H and O–H groups in total. The Morgan fingerprint density at radius 2 is 2.09 bits per heavy atom. The highest BCUT2D eigenvalue weighted by Crippen LogP contribution is 2.22. The molecule has 0 radical (unpaired) electrons. The minimum absolute atomic E-state index is 0. The lowest BCUT2D eigenvalue weighted by Gasteiger charge is -2.18. The number of amides is 1. The van der Waals surface area contributed by atoms with Crippen molar-refractivity contribution >= 4 is 30.1 Å². The topological polar surface area (TPSA) is 64.4 Å². The third kappa shape index (κ3) is 5.16. The molecule has 22 heavy (non-hydrogen) atoms. The van der Waals surface area contributed by atoms with Crippen molar-refractivity contribution in [3.63, 3.8) is 0 Å². The van der Waals surface area contributed by atoms with Crippen molar-refractivity contribution < 1.29 is 9.53 Å². The predicted molar refractivity (Wildman–Crippen MR) is 93.6 cm³/mol. The van der Waals surface area contributed by atoms with E-state index in [4.69, 9.17) is 10.5 Å². The Bertz CT molecular complexity index is 470. The van der Waals surface area contributed by atoms with E-state index >= 15 is 0 Å². The summed E-state index contributed by atoms with van der Waals surface area (Å²) in [6.07, 6.45) is 1.30. The Labute approximate surface area is 143 Å². The third-order valence-corrected chi connectivity index (χ3v) is 4.61.